The molecule has 0 unspecified atom stereocenters. The van der Waals surface area contributed by atoms with Crippen LogP contribution in [-0.4, -0.2) is 20.3 Å². The normalized spacial score (nSPS) is 9.73. The first kappa shape index (κ1) is 5.73. The molecule has 6 heteroatoms. The number of nitriles is 1. The number of rotatable bonds is 0. The maximum atomic E-state index is 8.40. The van der Waals surface area contributed by atoms with Crippen LogP contribution in [0.2, 0.25) is 0 Å². The zero-order valence-corrected chi connectivity index (χ0v) is 5.22. The first-order valence-corrected chi connectivity index (χ1v) is 2.75. The molecule has 0 N–H and O–H groups in total. The van der Waals surface area contributed by atoms with Gasteiger partial charge in [-0.1, -0.05) is 0 Å². The molecule has 0 aliphatic heterocycles. The number of fused-ring (bicyclic) bond motifs is 1. The SMILES string of the molecule is N#Cc1cnc2nonc2n1. The molecular weight excluding hydrogens is 146 g/mol. The zero-order valence-electron chi connectivity index (χ0n) is 5.22. The van der Waals surface area contributed by atoms with Crippen LogP contribution in [0.5, 0.6) is 0 Å². The fourth-order valence-electron chi connectivity index (χ4n) is 0.650. The third-order valence-electron chi connectivity index (χ3n) is 1.10. The van der Waals surface area contributed by atoms with Crippen LogP contribution in [0.1, 0.15) is 5.69 Å². The summed E-state index contributed by atoms with van der Waals surface area (Å²) in [5.74, 6) is 0. The standard InChI is InChI=1S/C5HN5O/c6-1-3-2-7-4-5(8-3)10-11-9-4/h2H. The molecule has 0 spiro atoms. The molecule has 2 aromatic rings. The van der Waals surface area contributed by atoms with Gasteiger partial charge in [0, 0.05) is 0 Å². The van der Waals surface area contributed by atoms with Crippen LogP contribution in [0, 0.1) is 11.3 Å². The third kappa shape index (κ3) is 0.789. The Bertz CT molecular complexity index is 428. The van der Waals surface area contributed by atoms with Crippen molar-refractivity contribution in [2.75, 3.05) is 0 Å². The van der Waals surface area contributed by atoms with Gasteiger partial charge in [-0.05, 0) is 10.3 Å². The van der Waals surface area contributed by atoms with Crippen LogP contribution in [0.25, 0.3) is 11.3 Å². The van der Waals surface area contributed by atoms with Gasteiger partial charge in [0.1, 0.15) is 6.07 Å². The molecule has 0 saturated carbocycles. The van der Waals surface area contributed by atoms with E-state index in [1.807, 2.05) is 6.07 Å². The molecule has 2 aromatic heterocycles. The van der Waals surface area contributed by atoms with Crippen molar-refractivity contribution >= 4 is 11.3 Å². The van der Waals surface area contributed by atoms with E-state index in [1.165, 1.54) is 6.20 Å². The fraction of sp³-hybridized carbons (Fsp3) is 0. The molecule has 0 fully saturated rings. The minimum Gasteiger partial charge on any atom is -0.240 e. The van der Waals surface area contributed by atoms with Crippen molar-refractivity contribution < 1.29 is 4.63 Å². The maximum Gasteiger partial charge on any atom is 0.244 e. The van der Waals surface area contributed by atoms with Crippen molar-refractivity contribution in [2.45, 2.75) is 0 Å². The van der Waals surface area contributed by atoms with Crippen molar-refractivity contribution in [1.29, 1.82) is 5.26 Å². The Morgan fingerprint density at radius 2 is 2.18 bits per heavy atom. The predicted molar refractivity (Wildman–Crippen MR) is 32.1 cm³/mol. The molecule has 2 heterocycles. The Morgan fingerprint density at radius 1 is 1.36 bits per heavy atom. The summed E-state index contributed by atoms with van der Waals surface area (Å²) < 4.78 is 4.33. The van der Waals surface area contributed by atoms with Crippen LogP contribution in [0.3, 0.4) is 0 Å². The summed E-state index contributed by atoms with van der Waals surface area (Å²) in [6, 6.07) is 1.83. The molecule has 0 saturated heterocycles. The van der Waals surface area contributed by atoms with Crippen LogP contribution in [0.15, 0.2) is 10.8 Å². The number of aromatic nitrogens is 4. The van der Waals surface area contributed by atoms with Gasteiger partial charge in [-0.3, -0.25) is 0 Å². The van der Waals surface area contributed by atoms with Gasteiger partial charge in [0.05, 0.1) is 6.20 Å². The van der Waals surface area contributed by atoms with Gasteiger partial charge in [0.15, 0.2) is 5.69 Å². The summed E-state index contributed by atoms with van der Waals surface area (Å²) in [6.45, 7) is 0. The highest BCUT2D eigenvalue weighted by Crippen LogP contribution is 2.01. The molecule has 0 radical (unpaired) electrons. The van der Waals surface area contributed by atoms with E-state index in [-0.39, 0.29) is 11.3 Å². The van der Waals surface area contributed by atoms with Gasteiger partial charge in [-0.15, -0.1) is 0 Å². The zero-order chi connectivity index (χ0) is 7.68. The van der Waals surface area contributed by atoms with Crippen molar-refractivity contribution in [1.82, 2.24) is 20.3 Å². The second kappa shape index (κ2) is 1.98. The topological polar surface area (TPSA) is 88.5 Å². The van der Waals surface area contributed by atoms with E-state index >= 15 is 0 Å². The number of hydrogen-bond donors (Lipinski definition) is 0. The molecule has 0 bridgehead atoms. The highest BCUT2D eigenvalue weighted by atomic mass is 16.6. The molecule has 0 aliphatic rings. The highest BCUT2D eigenvalue weighted by Gasteiger charge is 2.02. The van der Waals surface area contributed by atoms with E-state index in [1.54, 1.807) is 0 Å². The monoisotopic (exact) mass is 147 g/mol. The van der Waals surface area contributed by atoms with Gasteiger partial charge in [-0.2, -0.15) is 5.26 Å². The average Bonchev–Trinajstić information content (AvgIpc) is 2.50. The second-order valence-electron chi connectivity index (χ2n) is 1.78. The first-order chi connectivity index (χ1) is 5.40. The van der Waals surface area contributed by atoms with E-state index in [4.69, 9.17) is 5.26 Å². The van der Waals surface area contributed by atoms with Crippen molar-refractivity contribution in [3.05, 3.63) is 11.9 Å². The Labute approximate surface area is 60.4 Å². The molecule has 0 amide bonds. The predicted octanol–water partition coefficient (Wildman–Crippen LogP) is -0.116. The number of hydrogen-bond acceptors (Lipinski definition) is 6. The molecule has 52 valence electrons. The van der Waals surface area contributed by atoms with E-state index in [0.29, 0.717) is 5.65 Å². The Balaban J connectivity index is 2.79. The summed E-state index contributed by atoms with van der Waals surface area (Å²) >= 11 is 0. The smallest absolute Gasteiger partial charge is 0.240 e. The molecule has 0 atom stereocenters. The summed E-state index contributed by atoms with van der Waals surface area (Å²) in [5.41, 5.74) is 0.765. The van der Waals surface area contributed by atoms with E-state index in [0.717, 1.165) is 0 Å². The molecule has 0 aromatic carbocycles. The Kier molecular flexibility index (Phi) is 1.03. The molecule has 6 nitrogen and oxygen atoms in total. The lowest BCUT2D eigenvalue weighted by Crippen LogP contribution is -1.86. The third-order valence-corrected chi connectivity index (χ3v) is 1.10. The van der Waals surface area contributed by atoms with Gasteiger partial charge in [0.2, 0.25) is 11.3 Å². The van der Waals surface area contributed by atoms with E-state index in [9.17, 15) is 0 Å². The number of nitrogens with zero attached hydrogens (tertiary/aromatic N) is 5. The summed E-state index contributed by atoms with van der Waals surface area (Å²) in [5, 5.41) is 15.2. The lowest BCUT2D eigenvalue weighted by atomic mass is 10.5. The molecule has 11 heavy (non-hydrogen) atoms. The quantitative estimate of drug-likeness (QED) is 0.516. The first-order valence-electron chi connectivity index (χ1n) is 2.75. The largest absolute Gasteiger partial charge is 0.244 e. The van der Waals surface area contributed by atoms with Crippen LogP contribution >= 0.6 is 0 Å². The lowest BCUT2D eigenvalue weighted by molar-refractivity contribution is 0.314. The molecule has 2 rings (SSSR count). The van der Waals surface area contributed by atoms with Crippen molar-refractivity contribution in [3.63, 3.8) is 0 Å². The second-order valence-corrected chi connectivity index (χ2v) is 1.78. The Hall–Kier alpha value is -2.03. The minimum atomic E-state index is 0.202. The van der Waals surface area contributed by atoms with Gasteiger partial charge in [-0.25, -0.2) is 14.6 Å². The maximum absolute atomic E-state index is 8.40. The van der Waals surface area contributed by atoms with Crippen LogP contribution in [0.4, 0.5) is 0 Å². The van der Waals surface area contributed by atoms with Crippen LogP contribution in [-0.2, 0) is 0 Å². The summed E-state index contributed by atoms with van der Waals surface area (Å²) in [7, 11) is 0. The fourth-order valence-corrected chi connectivity index (χ4v) is 0.650. The highest BCUT2D eigenvalue weighted by molar-refractivity contribution is 5.62. The van der Waals surface area contributed by atoms with Gasteiger partial charge < -0.3 is 0 Å². The minimum absolute atomic E-state index is 0.202. The lowest BCUT2D eigenvalue weighted by Gasteiger charge is -1.82. The van der Waals surface area contributed by atoms with Crippen molar-refractivity contribution in [3.8, 4) is 6.07 Å². The van der Waals surface area contributed by atoms with Gasteiger partial charge >= 0.3 is 0 Å². The van der Waals surface area contributed by atoms with E-state index < -0.39 is 0 Å². The van der Waals surface area contributed by atoms with Gasteiger partial charge in [0.25, 0.3) is 0 Å². The van der Waals surface area contributed by atoms with Crippen LogP contribution < -0.4 is 0 Å². The molecule has 0 aliphatic carbocycles. The van der Waals surface area contributed by atoms with E-state index in [2.05, 4.69) is 24.9 Å². The summed E-state index contributed by atoms with van der Waals surface area (Å²) in [6.07, 6.45) is 1.31. The molecular formula is C5HN5O. The van der Waals surface area contributed by atoms with Crippen molar-refractivity contribution in [2.24, 2.45) is 0 Å². The summed E-state index contributed by atoms with van der Waals surface area (Å²) in [4.78, 5) is 7.52. The average molecular weight is 147 g/mol. The Morgan fingerprint density at radius 3 is 3.00 bits per heavy atom.